The highest BCUT2D eigenvalue weighted by Crippen LogP contribution is 2.38. The van der Waals surface area contributed by atoms with Crippen LogP contribution in [-0.2, 0) is 0 Å². The first-order valence-corrected chi connectivity index (χ1v) is 8.76. The Kier molecular flexibility index (Phi) is 5.34. The first-order valence-electron chi connectivity index (χ1n) is 7.88. The van der Waals surface area contributed by atoms with E-state index in [-0.39, 0.29) is 11.0 Å². The molecule has 0 saturated heterocycles. The van der Waals surface area contributed by atoms with Gasteiger partial charge < -0.3 is 5.73 Å². The summed E-state index contributed by atoms with van der Waals surface area (Å²) >= 11 is 1.70. The van der Waals surface area contributed by atoms with Crippen molar-refractivity contribution in [2.75, 3.05) is 5.73 Å². The molecule has 24 heavy (non-hydrogen) atoms. The number of rotatable bonds is 6. The van der Waals surface area contributed by atoms with E-state index in [0.717, 1.165) is 21.7 Å². The minimum absolute atomic E-state index is 0.0718. The molecule has 0 aromatic heterocycles. The van der Waals surface area contributed by atoms with Crippen molar-refractivity contribution in [1.29, 1.82) is 0 Å². The van der Waals surface area contributed by atoms with E-state index in [9.17, 15) is 4.79 Å². The summed E-state index contributed by atoms with van der Waals surface area (Å²) in [4.78, 5) is 13.7. The van der Waals surface area contributed by atoms with Crippen molar-refractivity contribution in [3.63, 3.8) is 0 Å². The van der Waals surface area contributed by atoms with E-state index in [4.69, 9.17) is 5.73 Å². The highest BCUT2D eigenvalue weighted by molar-refractivity contribution is 7.99. The Balaban J connectivity index is 1.82. The maximum Gasteiger partial charge on any atom is 0.164 e. The van der Waals surface area contributed by atoms with Gasteiger partial charge in [0.25, 0.3) is 0 Å². The van der Waals surface area contributed by atoms with Gasteiger partial charge in [0, 0.05) is 27.8 Å². The summed E-state index contributed by atoms with van der Waals surface area (Å²) in [6, 6.07) is 27.4. The minimum Gasteiger partial charge on any atom is -0.399 e. The van der Waals surface area contributed by atoms with Crippen LogP contribution in [0.15, 0.2) is 89.8 Å². The fourth-order valence-corrected chi connectivity index (χ4v) is 3.67. The molecule has 0 spiro atoms. The lowest BCUT2D eigenvalue weighted by Gasteiger charge is -2.17. The van der Waals surface area contributed by atoms with Crippen molar-refractivity contribution < 1.29 is 4.79 Å². The lowest BCUT2D eigenvalue weighted by Crippen LogP contribution is -2.05. The maximum absolute atomic E-state index is 12.6. The van der Waals surface area contributed by atoms with E-state index in [1.807, 2.05) is 72.8 Å². The second-order valence-electron chi connectivity index (χ2n) is 5.58. The molecular weight excluding hydrogens is 314 g/mol. The van der Waals surface area contributed by atoms with Crippen LogP contribution in [0.3, 0.4) is 0 Å². The van der Waals surface area contributed by atoms with Gasteiger partial charge in [0.05, 0.1) is 0 Å². The highest BCUT2D eigenvalue weighted by atomic mass is 32.2. The van der Waals surface area contributed by atoms with Gasteiger partial charge in [-0.1, -0.05) is 60.7 Å². The number of hydrogen-bond acceptors (Lipinski definition) is 3. The molecule has 3 rings (SSSR count). The van der Waals surface area contributed by atoms with Crippen LogP contribution in [0.2, 0.25) is 0 Å². The molecular formula is C21H19NOS. The van der Waals surface area contributed by atoms with Gasteiger partial charge in [-0.3, -0.25) is 4.79 Å². The molecule has 0 aliphatic heterocycles. The highest BCUT2D eigenvalue weighted by Gasteiger charge is 2.18. The Labute approximate surface area is 146 Å². The van der Waals surface area contributed by atoms with Gasteiger partial charge in [0.15, 0.2) is 5.78 Å². The predicted molar refractivity (Wildman–Crippen MR) is 101 cm³/mol. The van der Waals surface area contributed by atoms with E-state index in [0.29, 0.717) is 6.42 Å². The summed E-state index contributed by atoms with van der Waals surface area (Å²) in [5.41, 5.74) is 8.42. The molecule has 0 aliphatic carbocycles. The molecule has 120 valence electrons. The fraction of sp³-hybridized carbons (Fsp3) is 0.0952. The quantitative estimate of drug-likeness (QED) is 0.374. The molecule has 0 fully saturated rings. The van der Waals surface area contributed by atoms with E-state index in [2.05, 4.69) is 12.1 Å². The third kappa shape index (κ3) is 4.27. The monoisotopic (exact) mass is 333 g/mol. The van der Waals surface area contributed by atoms with Gasteiger partial charge in [-0.25, -0.2) is 0 Å². The molecule has 0 heterocycles. The van der Waals surface area contributed by atoms with Gasteiger partial charge in [0.2, 0.25) is 0 Å². The average Bonchev–Trinajstić information content (AvgIpc) is 2.64. The van der Waals surface area contributed by atoms with Crippen LogP contribution in [0.1, 0.15) is 27.6 Å². The zero-order chi connectivity index (χ0) is 16.8. The third-order valence-corrected chi connectivity index (χ3v) is 5.06. The lowest BCUT2D eigenvalue weighted by molar-refractivity contribution is 0.0982. The van der Waals surface area contributed by atoms with E-state index in [1.165, 1.54) is 0 Å². The zero-order valence-electron chi connectivity index (χ0n) is 13.3. The summed E-state index contributed by atoms with van der Waals surface area (Å²) in [5, 5.41) is 0.0718. The van der Waals surface area contributed by atoms with E-state index >= 15 is 0 Å². The van der Waals surface area contributed by atoms with Crippen molar-refractivity contribution in [3.8, 4) is 0 Å². The van der Waals surface area contributed by atoms with E-state index in [1.54, 1.807) is 11.8 Å². The summed E-state index contributed by atoms with van der Waals surface area (Å²) in [5.74, 6) is 0.160. The Morgan fingerprint density at radius 2 is 1.42 bits per heavy atom. The number of thioether (sulfide) groups is 1. The van der Waals surface area contributed by atoms with Crippen molar-refractivity contribution in [2.45, 2.75) is 16.6 Å². The predicted octanol–water partition coefficient (Wildman–Crippen LogP) is 5.38. The first kappa shape index (κ1) is 16.3. The number of hydrogen-bond donors (Lipinski definition) is 1. The number of carbonyl (C=O) groups excluding carboxylic acids is 1. The molecule has 0 saturated carbocycles. The van der Waals surface area contributed by atoms with Crippen LogP contribution in [-0.4, -0.2) is 5.78 Å². The Morgan fingerprint density at radius 1 is 0.833 bits per heavy atom. The molecule has 2 nitrogen and oxygen atoms in total. The second kappa shape index (κ2) is 7.84. The number of anilines is 1. The normalized spacial score (nSPS) is 11.8. The lowest BCUT2D eigenvalue weighted by atomic mass is 10.0. The molecule has 0 radical (unpaired) electrons. The Hall–Kier alpha value is -2.52. The second-order valence-corrected chi connectivity index (χ2v) is 6.86. The van der Waals surface area contributed by atoms with Crippen molar-refractivity contribution in [3.05, 3.63) is 96.1 Å². The van der Waals surface area contributed by atoms with Crippen molar-refractivity contribution in [1.82, 2.24) is 0 Å². The third-order valence-electron chi connectivity index (χ3n) is 3.80. The van der Waals surface area contributed by atoms with Gasteiger partial charge in [-0.15, -0.1) is 11.8 Å². The largest absolute Gasteiger partial charge is 0.399 e. The smallest absolute Gasteiger partial charge is 0.164 e. The van der Waals surface area contributed by atoms with Crippen LogP contribution in [0.5, 0.6) is 0 Å². The fourth-order valence-electron chi connectivity index (χ4n) is 2.52. The summed E-state index contributed by atoms with van der Waals surface area (Å²) in [6.45, 7) is 0. The van der Waals surface area contributed by atoms with Crippen LogP contribution >= 0.6 is 11.8 Å². The maximum atomic E-state index is 12.6. The summed E-state index contributed by atoms with van der Waals surface area (Å²) in [7, 11) is 0. The molecule has 0 amide bonds. The molecule has 0 aliphatic rings. The minimum atomic E-state index is 0.0718. The van der Waals surface area contributed by atoms with Gasteiger partial charge in [0.1, 0.15) is 0 Å². The number of nitrogens with two attached hydrogens (primary N) is 1. The molecule has 2 N–H and O–H groups in total. The molecule has 3 heteroatoms. The van der Waals surface area contributed by atoms with Crippen molar-refractivity contribution >= 4 is 23.2 Å². The van der Waals surface area contributed by atoms with Crippen LogP contribution in [0.25, 0.3) is 0 Å². The Bertz CT molecular complexity index is 785. The number of Topliss-reactive ketones (excluding diaryl/α,β-unsaturated/α-hetero) is 1. The van der Waals surface area contributed by atoms with E-state index < -0.39 is 0 Å². The molecule has 1 unspecified atom stereocenters. The van der Waals surface area contributed by atoms with Crippen LogP contribution in [0.4, 0.5) is 5.69 Å². The average molecular weight is 333 g/mol. The van der Waals surface area contributed by atoms with Crippen molar-refractivity contribution in [2.24, 2.45) is 0 Å². The van der Waals surface area contributed by atoms with Crippen LogP contribution in [0, 0.1) is 0 Å². The van der Waals surface area contributed by atoms with Gasteiger partial charge in [-0.2, -0.15) is 0 Å². The summed E-state index contributed by atoms with van der Waals surface area (Å²) < 4.78 is 0. The van der Waals surface area contributed by atoms with Gasteiger partial charge >= 0.3 is 0 Å². The molecule has 1 atom stereocenters. The number of benzene rings is 3. The zero-order valence-corrected chi connectivity index (χ0v) is 14.1. The standard InChI is InChI=1S/C21H19NOS/c22-18-11-13-19(14-12-18)24-21(17-9-5-2-6-10-17)15-20(23)16-7-3-1-4-8-16/h1-14,21H,15,22H2. The van der Waals surface area contributed by atoms with Crippen LogP contribution < -0.4 is 5.73 Å². The molecule has 3 aromatic carbocycles. The molecule has 3 aromatic rings. The summed E-state index contributed by atoms with van der Waals surface area (Å²) in [6.07, 6.45) is 0.461. The van der Waals surface area contributed by atoms with Gasteiger partial charge in [-0.05, 0) is 29.8 Å². The number of ketones is 1. The SMILES string of the molecule is Nc1ccc(SC(CC(=O)c2ccccc2)c2ccccc2)cc1. The Morgan fingerprint density at radius 3 is 2.04 bits per heavy atom. The topological polar surface area (TPSA) is 43.1 Å². The molecule has 0 bridgehead atoms. The first-order chi connectivity index (χ1) is 11.7. The number of nitrogen functional groups attached to an aromatic ring is 1. The number of carbonyl (C=O) groups is 1.